The van der Waals surface area contributed by atoms with E-state index in [0.29, 0.717) is 5.02 Å². The summed E-state index contributed by atoms with van der Waals surface area (Å²) >= 11 is 5.85. The number of nitrogens with two attached hydrogens (primary N) is 1. The number of hydrogen-bond donors (Lipinski definition) is 2. The van der Waals surface area contributed by atoms with Crippen LogP contribution < -0.4 is 5.73 Å². The zero-order valence-electron chi connectivity index (χ0n) is 10.5. The molecule has 0 unspecified atom stereocenters. The Hall–Kier alpha value is -2.66. The minimum Gasteiger partial charge on any atom is -0.478 e. The van der Waals surface area contributed by atoms with Gasteiger partial charge in [0.2, 0.25) is 0 Å². The van der Waals surface area contributed by atoms with Gasteiger partial charge >= 0.3 is 5.97 Å². The van der Waals surface area contributed by atoms with Crippen LogP contribution in [0.3, 0.4) is 0 Å². The second-order valence-corrected chi connectivity index (χ2v) is 5.04. The summed E-state index contributed by atoms with van der Waals surface area (Å²) in [4.78, 5) is 36.0. The highest BCUT2D eigenvalue weighted by atomic mass is 35.5. The van der Waals surface area contributed by atoms with Crippen molar-refractivity contribution in [2.75, 3.05) is 5.73 Å². The molecule has 0 saturated carbocycles. The second-order valence-electron chi connectivity index (χ2n) is 4.60. The lowest BCUT2D eigenvalue weighted by Crippen LogP contribution is -2.23. The fourth-order valence-corrected chi connectivity index (χ4v) is 2.59. The molecule has 1 aliphatic rings. The first kappa shape index (κ1) is 13.3. The molecule has 5 nitrogen and oxygen atoms in total. The van der Waals surface area contributed by atoms with E-state index in [-0.39, 0.29) is 33.5 Å². The first-order valence-corrected chi connectivity index (χ1v) is 6.34. The molecule has 0 saturated heterocycles. The predicted molar refractivity (Wildman–Crippen MR) is 76.1 cm³/mol. The van der Waals surface area contributed by atoms with E-state index in [9.17, 15) is 14.4 Å². The lowest BCUT2D eigenvalue weighted by Gasteiger charge is -2.19. The number of hydrogen-bond acceptors (Lipinski definition) is 4. The average Bonchev–Trinajstić information content (AvgIpc) is 2.44. The molecule has 0 fully saturated rings. The van der Waals surface area contributed by atoms with Crippen molar-refractivity contribution in [3.63, 3.8) is 0 Å². The van der Waals surface area contributed by atoms with E-state index in [2.05, 4.69) is 0 Å². The molecular weight excluding hydrogens is 294 g/mol. The molecule has 0 amide bonds. The van der Waals surface area contributed by atoms with Gasteiger partial charge in [-0.1, -0.05) is 11.6 Å². The van der Waals surface area contributed by atoms with Crippen molar-refractivity contribution < 1.29 is 19.5 Å². The van der Waals surface area contributed by atoms with Gasteiger partial charge in [-0.05, 0) is 30.3 Å². The van der Waals surface area contributed by atoms with Crippen LogP contribution in [-0.2, 0) is 0 Å². The summed E-state index contributed by atoms with van der Waals surface area (Å²) in [5.74, 6) is -2.12. The topological polar surface area (TPSA) is 97.5 Å². The van der Waals surface area contributed by atoms with Crippen LogP contribution >= 0.6 is 11.6 Å². The highest BCUT2D eigenvalue weighted by Crippen LogP contribution is 2.33. The van der Waals surface area contributed by atoms with E-state index < -0.39 is 17.5 Å². The standard InChI is InChI=1S/C15H8ClNO4/c16-6-1-2-7-10(5-6)13(18)8-3-4-9(15(20)21)12(17)11(8)14(7)19/h1-5H,17H2,(H,20,21). The van der Waals surface area contributed by atoms with E-state index in [1.807, 2.05) is 0 Å². The predicted octanol–water partition coefficient (Wildman–Crippen LogP) is 2.40. The van der Waals surface area contributed by atoms with Gasteiger partial charge in [0.05, 0.1) is 16.8 Å². The Bertz CT molecular complexity index is 842. The smallest absolute Gasteiger partial charge is 0.337 e. The largest absolute Gasteiger partial charge is 0.478 e. The number of fused-ring (bicyclic) bond motifs is 2. The van der Waals surface area contributed by atoms with Crippen molar-refractivity contribution in [2.24, 2.45) is 0 Å². The van der Waals surface area contributed by atoms with Crippen LogP contribution in [0.1, 0.15) is 42.2 Å². The number of halogens is 1. The van der Waals surface area contributed by atoms with E-state index in [1.54, 1.807) is 0 Å². The van der Waals surface area contributed by atoms with Gasteiger partial charge < -0.3 is 10.8 Å². The lowest BCUT2D eigenvalue weighted by atomic mass is 9.82. The van der Waals surface area contributed by atoms with Crippen LogP contribution in [0.2, 0.25) is 5.02 Å². The van der Waals surface area contributed by atoms with Gasteiger partial charge in [-0.2, -0.15) is 0 Å². The van der Waals surface area contributed by atoms with Gasteiger partial charge in [0.1, 0.15) is 0 Å². The number of nitrogen functional groups attached to an aromatic ring is 1. The molecule has 0 heterocycles. The number of carbonyl (C=O) groups is 3. The number of rotatable bonds is 1. The van der Waals surface area contributed by atoms with Crippen molar-refractivity contribution in [1.29, 1.82) is 0 Å². The summed E-state index contributed by atoms with van der Waals surface area (Å²) in [6.45, 7) is 0. The SMILES string of the molecule is Nc1c(C(=O)O)ccc2c1C(=O)c1ccc(Cl)cc1C2=O. The van der Waals surface area contributed by atoms with Crippen LogP contribution in [0, 0.1) is 0 Å². The fourth-order valence-electron chi connectivity index (χ4n) is 2.42. The van der Waals surface area contributed by atoms with Gasteiger partial charge in [-0.15, -0.1) is 0 Å². The number of benzene rings is 2. The zero-order valence-corrected chi connectivity index (χ0v) is 11.3. The average molecular weight is 302 g/mol. The van der Waals surface area contributed by atoms with Crippen LogP contribution in [0.15, 0.2) is 30.3 Å². The fraction of sp³-hybridized carbons (Fsp3) is 0. The minimum absolute atomic E-state index is 0.0604. The maximum absolute atomic E-state index is 12.5. The molecule has 3 rings (SSSR count). The molecular formula is C15H8ClNO4. The highest BCUT2D eigenvalue weighted by molar-refractivity contribution is 6.34. The van der Waals surface area contributed by atoms with Crippen LogP contribution in [0.5, 0.6) is 0 Å². The minimum atomic E-state index is -1.25. The van der Waals surface area contributed by atoms with Crippen LogP contribution in [0.4, 0.5) is 5.69 Å². The third-order valence-electron chi connectivity index (χ3n) is 3.42. The number of aromatic carboxylic acids is 1. The summed E-state index contributed by atoms with van der Waals surface area (Å²) in [6, 6.07) is 6.87. The number of anilines is 1. The first-order chi connectivity index (χ1) is 9.91. The van der Waals surface area contributed by atoms with Crippen LogP contribution in [-0.4, -0.2) is 22.6 Å². The van der Waals surface area contributed by atoms with E-state index >= 15 is 0 Å². The molecule has 6 heteroatoms. The number of carboxylic acids is 1. The summed E-state index contributed by atoms with van der Waals surface area (Å²) in [7, 11) is 0. The molecule has 2 aromatic carbocycles. The van der Waals surface area contributed by atoms with E-state index in [0.717, 1.165) is 0 Å². The highest BCUT2D eigenvalue weighted by Gasteiger charge is 2.33. The molecule has 0 spiro atoms. The molecule has 1 aliphatic carbocycles. The first-order valence-electron chi connectivity index (χ1n) is 5.96. The summed E-state index contributed by atoms with van der Waals surface area (Å²) in [5.41, 5.74) is 5.77. The lowest BCUT2D eigenvalue weighted by molar-refractivity contribution is 0.0697. The van der Waals surface area contributed by atoms with Gasteiger partial charge in [0.25, 0.3) is 0 Å². The van der Waals surface area contributed by atoms with Crippen molar-refractivity contribution in [3.05, 3.63) is 63.2 Å². The van der Waals surface area contributed by atoms with Crippen molar-refractivity contribution in [1.82, 2.24) is 0 Å². The molecule has 3 N–H and O–H groups in total. The third kappa shape index (κ3) is 1.82. The zero-order chi connectivity index (χ0) is 15.3. The summed E-state index contributed by atoms with van der Waals surface area (Å²) < 4.78 is 0. The number of carboxylic acid groups (broad SMARTS) is 1. The van der Waals surface area contributed by atoms with Crippen LogP contribution in [0.25, 0.3) is 0 Å². The van der Waals surface area contributed by atoms with Gasteiger partial charge in [0, 0.05) is 21.7 Å². The van der Waals surface area contributed by atoms with Gasteiger partial charge in [-0.25, -0.2) is 4.79 Å². The molecule has 0 radical (unpaired) electrons. The number of ketones is 2. The normalized spacial score (nSPS) is 12.8. The molecule has 21 heavy (non-hydrogen) atoms. The molecule has 104 valence electrons. The quantitative estimate of drug-likeness (QED) is 0.673. The molecule has 0 atom stereocenters. The van der Waals surface area contributed by atoms with E-state index in [4.69, 9.17) is 22.4 Å². The number of carbonyl (C=O) groups excluding carboxylic acids is 2. The van der Waals surface area contributed by atoms with Crippen molar-refractivity contribution >= 4 is 34.8 Å². The Labute approximate surface area is 123 Å². The molecule has 0 aromatic heterocycles. The van der Waals surface area contributed by atoms with Crippen molar-refractivity contribution in [2.45, 2.75) is 0 Å². The monoisotopic (exact) mass is 301 g/mol. The maximum atomic E-state index is 12.5. The maximum Gasteiger partial charge on any atom is 0.337 e. The van der Waals surface area contributed by atoms with Gasteiger partial charge in [-0.3, -0.25) is 9.59 Å². The molecule has 0 aliphatic heterocycles. The summed E-state index contributed by atoms with van der Waals surface area (Å²) in [5, 5.41) is 9.40. The molecule has 2 aromatic rings. The Morgan fingerprint density at radius 2 is 1.67 bits per heavy atom. The molecule has 0 bridgehead atoms. The Kier molecular flexibility index (Phi) is 2.81. The Morgan fingerprint density at radius 1 is 1.00 bits per heavy atom. The van der Waals surface area contributed by atoms with E-state index in [1.165, 1.54) is 30.3 Å². The van der Waals surface area contributed by atoms with Gasteiger partial charge in [0.15, 0.2) is 11.6 Å². The second kappa shape index (κ2) is 4.43. The third-order valence-corrected chi connectivity index (χ3v) is 3.65. The Morgan fingerprint density at radius 3 is 2.33 bits per heavy atom. The summed E-state index contributed by atoms with van der Waals surface area (Å²) in [6.07, 6.45) is 0. The van der Waals surface area contributed by atoms with Crippen molar-refractivity contribution in [3.8, 4) is 0 Å². The Balaban J connectivity index is 2.33.